The highest BCUT2D eigenvalue weighted by Gasteiger charge is 2.29. The minimum Gasteiger partial charge on any atom is -0.379 e. The molecule has 1 aliphatic rings. The molecule has 0 saturated heterocycles. The highest BCUT2D eigenvalue weighted by atomic mass is 32.2. The number of aryl methyl sites for hydroxylation is 1. The molecule has 0 fully saturated rings. The lowest BCUT2D eigenvalue weighted by Gasteiger charge is -2.35. The van der Waals surface area contributed by atoms with Crippen molar-refractivity contribution in [1.29, 1.82) is 0 Å². The van der Waals surface area contributed by atoms with E-state index in [4.69, 9.17) is 33.0 Å². The largest absolute Gasteiger partial charge is 0.379 e. The molecule has 2 aromatic heterocycles. The maximum atomic E-state index is 14.7. The van der Waals surface area contributed by atoms with E-state index >= 15 is 0 Å². The third kappa shape index (κ3) is 11.1. The molecule has 4 N–H and O–H groups in total. The van der Waals surface area contributed by atoms with Crippen LogP contribution >= 0.6 is 0 Å². The van der Waals surface area contributed by atoms with Crippen LogP contribution in [0.2, 0.25) is 0 Å². The van der Waals surface area contributed by atoms with Gasteiger partial charge in [-0.15, -0.1) is 0 Å². The van der Waals surface area contributed by atoms with E-state index in [1.807, 2.05) is 6.07 Å². The van der Waals surface area contributed by atoms with Gasteiger partial charge in [-0.05, 0) is 117 Å². The number of ether oxygens (including phenoxy) is 4. The van der Waals surface area contributed by atoms with Crippen LogP contribution in [0.1, 0.15) is 65.2 Å². The highest BCUT2D eigenvalue weighted by molar-refractivity contribution is 7.86. The van der Waals surface area contributed by atoms with Crippen molar-refractivity contribution >= 4 is 108 Å². The molecule has 0 aliphatic carbocycles. The molecule has 0 unspecified atom stereocenters. The van der Waals surface area contributed by atoms with Crippen LogP contribution in [-0.2, 0) is 52.3 Å². The Labute approximate surface area is 439 Å². The molecule has 1 aliphatic heterocycles. The number of hydrogen-bond acceptors (Lipinski definition) is 13. The first kappa shape index (κ1) is 53.0. The maximum absolute atomic E-state index is 14.7. The van der Waals surface area contributed by atoms with Crippen LogP contribution in [0.15, 0.2) is 95.8 Å². The number of benzene rings is 7. The van der Waals surface area contributed by atoms with Gasteiger partial charge in [-0.2, -0.15) is 16.8 Å². The number of imidazole rings is 1. The first-order valence-electron chi connectivity index (χ1n) is 25.7. The Hall–Kier alpha value is -6.39. The van der Waals surface area contributed by atoms with Gasteiger partial charge in [0.15, 0.2) is 0 Å². The van der Waals surface area contributed by atoms with E-state index in [2.05, 4.69) is 96.1 Å². The zero-order valence-corrected chi connectivity index (χ0v) is 44.2. The molecule has 17 nitrogen and oxygen atoms in total. The molecular formula is C57H61N5O12S2. The summed E-state index contributed by atoms with van der Waals surface area (Å²) in [6, 6.07) is 29.1. The van der Waals surface area contributed by atoms with Crippen molar-refractivity contribution in [3.05, 3.63) is 129 Å². The van der Waals surface area contributed by atoms with E-state index in [0.717, 1.165) is 56.2 Å². The first-order valence-corrected chi connectivity index (χ1v) is 29.0. The maximum Gasteiger partial charge on any atom is 0.264 e. The van der Waals surface area contributed by atoms with Crippen LogP contribution < -0.4 is 21.1 Å². The number of nitrogens with one attached hydrogen (secondary N) is 2. The Kier molecular flexibility index (Phi) is 15.8. The Morgan fingerprint density at radius 3 is 1.93 bits per heavy atom. The number of anilines is 1. The molecule has 10 rings (SSSR count). The Balaban J connectivity index is 0.873. The molecule has 19 heteroatoms. The van der Waals surface area contributed by atoms with E-state index in [1.54, 1.807) is 22.6 Å². The van der Waals surface area contributed by atoms with E-state index in [9.17, 15) is 26.4 Å². The molecule has 0 saturated carbocycles. The number of aromatic nitrogens is 2. The van der Waals surface area contributed by atoms with Gasteiger partial charge in [0.05, 0.1) is 62.2 Å². The van der Waals surface area contributed by atoms with Gasteiger partial charge in [-0.1, -0.05) is 68.0 Å². The van der Waals surface area contributed by atoms with Gasteiger partial charge >= 0.3 is 0 Å². The van der Waals surface area contributed by atoms with Crippen molar-refractivity contribution in [2.75, 3.05) is 82.4 Å². The summed E-state index contributed by atoms with van der Waals surface area (Å²) in [4.78, 5) is 35.5. The third-order valence-electron chi connectivity index (χ3n) is 14.1. The lowest BCUT2D eigenvalue weighted by Crippen LogP contribution is -2.27. The lowest BCUT2D eigenvalue weighted by molar-refractivity contribution is 0.0485. The minimum absolute atomic E-state index is 0.174. The van der Waals surface area contributed by atoms with Gasteiger partial charge in [0, 0.05) is 78.1 Å². The van der Waals surface area contributed by atoms with Crippen LogP contribution in [0.25, 0.3) is 76.2 Å². The van der Waals surface area contributed by atoms with Crippen molar-refractivity contribution in [2.45, 2.75) is 52.6 Å². The molecule has 0 spiro atoms. The number of hydrogen-bond donors (Lipinski definition) is 4. The average Bonchev–Trinajstić information content (AvgIpc) is 3.97. The van der Waals surface area contributed by atoms with Crippen molar-refractivity contribution in [3.8, 4) is 0 Å². The smallest absolute Gasteiger partial charge is 0.264 e. The number of carbonyl (C=O) groups excluding carboxylic acids is 1. The summed E-state index contributed by atoms with van der Waals surface area (Å²) in [6.07, 6.45) is 4.73. The fourth-order valence-corrected chi connectivity index (χ4v) is 11.7. The normalized spacial score (nSPS) is 13.9. The fourth-order valence-electron chi connectivity index (χ4n) is 10.7. The predicted octanol–water partition coefficient (Wildman–Crippen LogP) is 8.40. The first-order chi connectivity index (χ1) is 36.7. The molecular weight excluding hydrogens is 1010 g/mol. The summed E-state index contributed by atoms with van der Waals surface area (Å²) in [7, 11) is -7.99. The highest BCUT2D eigenvalue weighted by Crippen LogP contribution is 2.48. The topological polar surface area (TPSA) is 224 Å². The van der Waals surface area contributed by atoms with Gasteiger partial charge in [-0.25, -0.2) is 4.98 Å². The van der Waals surface area contributed by atoms with Gasteiger partial charge in [0.1, 0.15) is 5.65 Å². The molecule has 0 bridgehead atoms. The zero-order valence-electron chi connectivity index (χ0n) is 42.5. The number of fused-ring (bicyclic) bond motifs is 6. The van der Waals surface area contributed by atoms with E-state index in [1.165, 1.54) is 38.7 Å². The summed E-state index contributed by atoms with van der Waals surface area (Å²) in [5.41, 5.74) is 8.97. The minimum atomic E-state index is -4.02. The second kappa shape index (κ2) is 22.7. The lowest BCUT2D eigenvalue weighted by atomic mass is 9.83. The molecule has 0 radical (unpaired) electrons. The molecule has 1 amide bonds. The number of nitrogens with zero attached hydrogens (tertiary/aromatic N) is 3. The summed E-state index contributed by atoms with van der Waals surface area (Å²) in [5.74, 6) is -1.00. The summed E-state index contributed by atoms with van der Waals surface area (Å²) >= 11 is 0. The number of pyridine rings is 1. The molecule has 0 atom stereocenters. The van der Waals surface area contributed by atoms with Crippen LogP contribution in [0.5, 0.6) is 0 Å². The van der Waals surface area contributed by atoms with E-state index < -0.39 is 20.2 Å². The van der Waals surface area contributed by atoms with Crippen LogP contribution in [0, 0.1) is 6.92 Å². The number of amides is 1. The number of unbranched alkanes of at least 4 members (excludes halogenated alkanes) is 1. The predicted molar refractivity (Wildman–Crippen MR) is 298 cm³/mol. The number of allylic oxidation sites excluding steroid dienone is 1. The standard InChI is InChI=1S/C57H61N5O12S2/c1-3-4-7-49-44-15-12-41-42-13-16-45-54-46(57(64)62-50-33-38(10-18-47(50)60-55(45)62)56(63)59-21-25-74-29-27-72-23-6-31-76(68,69)70)17-14-43(53(42)54)40-11-9-39(51(44)52(40)41)35-61(49)48-19-8-37(32-36(48)2)34-58-20-24-73-28-26-71-22-5-30-75(65,66)67/h7-19,32-33,58H,3-6,20-31,34-35H2,1-2H3,(H,59,63)(H,65,66,67)(H,68,69,70). The SMILES string of the molecule is CCCC=C1c2ccc3c4ccc5c6c(ccc(c7ccc(c2c73)CN1c1ccc(CNCCOCCOCCCS(=O)(=O)O)cc1C)c46)c(=O)n1c2cc(C(=O)NCCOCCOCCCS(=O)(=O)O)ccc2nc51. The second-order valence-corrected chi connectivity index (χ2v) is 22.4. The van der Waals surface area contributed by atoms with Crippen LogP contribution in [-0.4, -0.2) is 119 Å². The van der Waals surface area contributed by atoms with Crippen molar-refractivity contribution in [2.24, 2.45) is 0 Å². The Morgan fingerprint density at radius 2 is 1.28 bits per heavy atom. The second-order valence-electron chi connectivity index (χ2n) is 19.3. The average molecular weight is 1070 g/mol. The van der Waals surface area contributed by atoms with Gasteiger partial charge < -0.3 is 34.5 Å². The van der Waals surface area contributed by atoms with Crippen molar-refractivity contribution in [1.82, 2.24) is 20.0 Å². The Bertz CT molecular complexity index is 3940. The molecule has 7 aromatic carbocycles. The zero-order chi connectivity index (χ0) is 53.1. The van der Waals surface area contributed by atoms with Gasteiger partial charge in [-0.3, -0.25) is 23.1 Å². The molecule has 9 aromatic rings. The third-order valence-corrected chi connectivity index (χ3v) is 15.7. The van der Waals surface area contributed by atoms with Gasteiger partial charge in [0.25, 0.3) is 31.7 Å². The molecule has 398 valence electrons. The van der Waals surface area contributed by atoms with Crippen molar-refractivity contribution < 1.29 is 49.7 Å². The van der Waals surface area contributed by atoms with E-state index in [-0.39, 0.29) is 75.4 Å². The monoisotopic (exact) mass is 1070 g/mol. The summed E-state index contributed by atoms with van der Waals surface area (Å²) in [6.45, 7) is 9.06. The van der Waals surface area contributed by atoms with Crippen molar-refractivity contribution in [3.63, 3.8) is 0 Å². The van der Waals surface area contributed by atoms with E-state index in [0.29, 0.717) is 67.1 Å². The molecule has 76 heavy (non-hydrogen) atoms. The summed E-state index contributed by atoms with van der Waals surface area (Å²) < 4.78 is 84.6. The fraction of sp³-hybridized carbons (Fsp3) is 0.351. The van der Waals surface area contributed by atoms with Gasteiger partial charge in [0.2, 0.25) is 0 Å². The quantitative estimate of drug-likeness (QED) is 0.0173. The number of carbonyl (C=O) groups is 1. The Morgan fingerprint density at radius 1 is 0.684 bits per heavy atom. The van der Waals surface area contributed by atoms with Crippen LogP contribution in [0.4, 0.5) is 5.69 Å². The molecule has 3 heterocycles. The summed E-state index contributed by atoms with van der Waals surface area (Å²) in [5, 5.41) is 16.5. The number of rotatable bonds is 26. The van der Waals surface area contributed by atoms with Crippen LogP contribution in [0.3, 0.4) is 0 Å².